The second-order valence-corrected chi connectivity index (χ2v) is 2.38. The van der Waals surface area contributed by atoms with Gasteiger partial charge < -0.3 is 10.5 Å². The Morgan fingerprint density at radius 3 is 2.70 bits per heavy atom. The van der Waals surface area contributed by atoms with Gasteiger partial charge in [0.2, 0.25) is 0 Å². The summed E-state index contributed by atoms with van der Waals surface area (Å²) in [6, 6.07) is 0.177. The molecule has 1 saturated heterocycles. The van der Waals surface area contributed by atoms with Crippen LogP contribution in [-0.4, -0.2) is 18.8 Å². The number of hydrogen-bond donors (Lipinski definition) is 1. The van der Waals surface area contributed by atoms with Crippen LogP contribution in [0, 0.1) is 0 Å². The molecule has 1 aliphatic rings. The summed E-state index contributed by atoms with van der Waals surface area (Å²) in [6.07, 6.45) is 4.03. The second-order valence-electron chi connectivity index (χ2n) is 2.38. The van der Waals surface area contributed by atoms with Gasteiger partial charge in [0.25, 0.3) is 0 Å². The van der Waals surface area contributed by atoms with Gasteiger partial charge in [-0.05, 0) is 12.8 Å². The molecule has 0 spiro atoms. The molecule has 60 valence electrons. The van der Waals surface area contributed by atoms with E-state index >= 15 is 0 Å². The fourth-order valence-corrected chi connectivity index (χ4v) is 1.07. The molecule has 0 aromatic heterocycles. The highest BCUT2D eigenvalue weighted by molar-refractivity contribution is 5.85. The van der Waals surface area contributed by atoms with Crippen molar-refractivity contribution in [3.8, 4) is 0 Å². The first kappa shape index (κ1) is 9.95. The Morgan fingerprint density at radius 2 is 2.30 bits per heavy atom. The van der Waals surface area contributed by atoms with E-state index in [1.165, 1.54) is 0 Å². The fourth-order valence-electron chi connectivity index (χ4n) is 1.07. The van der Waals surface area contributed by atoms with Crippen LogP contribution in [-0.2, 0) is 4.74 Å². The second kappa shape index (κ2) is 4.72. The third-order valence-corrected chi connectivity index (χ3v) is 1.65. The molecule has 0 bridgehead atoms. The molecule has 2 N–H and O–H groups in total. The topological polar surface area (TPSA) is 35.2 Å². The third kappa shape index (κ3) is 2.29. The summed E-state index contributed by atoms with van der Waals surface area (Å²) in [5, 5.41) is 0. The van der Waals surface area contributed by atoms with Crippen LogP contribution in [0.15, 0.2) is 12.7 Å². The minimum atomic E-state index is 0. The zero-order chi connectivity index (χ0) is 6.69. The maximum Gasteiger partial charge on any atom is 0.0904 e. The van der Waals surface area contributed by atoms with E-state index < -0.39 is 0 Å². The van der Waals surface area contributed by atoms with Crippen LogP contribution < -0.4 is 5.73 Å². The molecular weight excluding hydrogens is 150 g/mol. The van der Waals surface area contributed by atoms with Gasteiger partial charge in [0.1, 0.15) is 0 Å². The Labute approximate surface area is 67.8 Å². The van der Waals surface area contributed by atoms with Crippen molar-refractivity contribution in [3.63, 3.8) is 0 Å². The molecule has 10 heavy (non-hydrogen) atoms. The zero-order valence-corrected chi connectivity index (χ0v) is 6.77. The molecule has 1 fully saturated rings. The molecule has 0 saturated carbocycles. The summed E-state index contributed by atoms with van der Waals surface area (Å²) in [5.74, 6) is 0. The van der Waals surface area contributed by atoms with Crippen molar-refractivity contribution in [1.29, 1.82) is 0 Å². The van der Waals surface area contributed by atoms with Gasteiger partial charge in [-0.3, -0.25) is 0 Å². The first-order chi connectivity index (χ1) is 4.34. The molecular formula is C7H14ClNO. The summed E-state index contributed by atoms with van der Waals surface area (Å²) >= 11 is 0. The summed E-state index contributed by atoms with van der Waals surface area (Å²) in [5.41, 5.74) is 5.69. The van der Waals surface area contributed by atoms with Crippen LogP contribution >= 0.6 is 12.4 Å². The van der Waals surface area contributed by atoms with Crippen LogP contribution in [0.1, 0.15) is 12.8 Å². The Bertz CT molecular complexity index is 108. The average Bonchev–Trinajstić information content (AvgIpc) is 1.89. The van der Waals surface area contributed by atoms with Gasteiger partial charge >= 0.3 is 0 Å². The maximum atomic E-state index is 5.69. The zero-order valence-electron chi connectivity index (χ0n) is 5.95. The van der Waals surface area contributed by atoms with Crippen LogP contribution in [0.2, 0.25) is 0 Å². The first-order valence-electron chi connectivity index (χ1n) is 3.34. The predicted octanol–water partition coefficient (Wildman–Crippen LogP) is 1.10. The van der Waals surface area contributed by atoms with Crippen LogP contribution in [0.25, 0.3) is 0 Å². The molecule has 0 unspecified atom stereocenters. The van der Waals surface area contributed by atoms with E-state index in [0.717, 1.165) is 19.4 Å². The highest BCUT2D eigenvalue weighted by Gasteiger charge is 2.18. The largest absolute Gasteiger partial charge is 0.373 e. The van der Waals surface area contributed by atoms with Crippen LogP contribution in [0.3, 0.4) is 0 Å². The molecule has 0 radical (unpaired) electrons. The predicted molar refractivity (Wildman–Crippen MR) is 44.4 cm³/mol. The van der Waals surface area contributed by atoms with E-state index in [1.54, 1.807) is 6.08 Å². The van der Waals surface area contributed by atoms with Crippen molar-refractivity contribution in [3.05, 3.63) is 12.7 Å². The smallest absolute Gasteiger partial charge is 0.0904 e. The lowest BCUT2D eigenvalue weighted by Crippen LogP contribution is -2.39. The van der Waals surface area contributed by atoms with Crippen molar-refractivity contribution >= 4 is 12.4 Å². The van der Waals surface area contributed by atoms with Crippen LogP contribution in [0.5, 0.6) is 0 Å². The summed E-state index contributed by atoms with van der Waals surface area (Å²) < 4.78 is 5.30. The van der Waals surface area contributed by atoms with Gasteiger partial charge in [-0.2, -0.15) is 0 Å². The number of halogens is 1. The summed E-state index contributed by atoms with van der Waals surface area (Å²) in [4.78, 5) is 0. The van der Waals surface area contributed by atoms with E-state index in [2.05, 4.69) is 6.58 Å². The molecule has 2 atom stereocenters. The molecule has 0 amide bonds. The molecule has 0 aliphatic carbocycles. The van der Waals surface area contributed by atoms with Gasteiger partial charge in [-0.1, -0.05) is 6.08 Å². The Balaban J connectivity index is 0.000000810. The molecule has 1 aliphatic heterocycles. The number of rotatable bonds is 1. The fraction of sp³-hybridized carbons (Fsp3) is 0.714. The maximum absolute atomic E-state index is 5.69. The lowest BCUT2D eigenvalue weighted by Gasteiger charge is -2.25. The summed E-state index contributed by atoms with van der Waals surface area (Å²) in [6.45, 7) is 4.47. The molecule has 3 heteroatoms. The van der Waals surface area contributed by atoms with Gasteiger partial charge in [0.15, 0.2) is 0 Å². The van der Waals surface area contributed by atoms with Gasteiger partial charge in [0, 0.05) is 12.6 Å². The molecule has 0 aromatic carbocycles. The molecule has 1 rings (SSSR count). The quantitative estimate of drug-likeness (QED) is 0.588. The van der Waals surface area contributed by atoms with Gasteiger partial charge in [0.05, 0.1) is 6.10 Å². The van der Waals surface area contributed by atoms with E-state index in [4.69, 9.17) is 10.5 Å². The van der Waals surface area contributed by atoms with Crippen molar-refractivity contribution in [2.75, 3.05) is 6.61 Å². The van der Waals surface area contributed by atoms with Gasteiger partial charge in [-0.25, -0.2) is 0 Å². The lowest BCUT2D eigenvalue weighted by molar-refractivity contribution is 0.0320. The van der Waals surface area contributed by atoms with Crippen molar-refractivity contribution in [2.45, 2.75) is 25.0 Å². The normalized spacial score (nSPS) is 32.5. The highest BCUT2D eigenvalue weighted by atomic mass is 35.5. The standard InChI is InChI=1S/C7H13NO.ClH/c1-2-7-6(8)4-3-5-9-7;/h2,6-7H,1,3-5,8H2;1H/t6-,7+;/m1./s1. The average molecular weight is 164 g/mol. The van der Waals surface area contributed by atoms with Crippen molar-refractivity contribution in [2.24, 2.45) is 5.73 Å². The summed E-state index contributed by atoms with van der Waals surface area (Å²) in [7, 11) is 0. The van der Waals surface area contributed by atoms with Crippen molar-refractivity contribution in [1.82, 2.24) is 0 Å². The number of nitrogens with two attached hydrogens (primary N) is 1. The minimum Gasteiger partial charge on any atom is -0.373 e. The van der Waals surface area contributed by atoms with Crippen LogP contribution in [0.4, 0.5) is 0 Å². The lowest BCUT2D eigenvalue weighted by atomic mass is 10.0. The monoisotopic (exact) mass is 163 g/mol. The molecule has 1 heterocycles. The molecule has 0 aromatic rings. The Morgan fingerprint density at radius 1 is 1.60 bits per heavy atom. The Hall–Kier alpha value is -0.0500. The first-order valence-corrected chi connectivity index (χ1v) is 3.34. The third-order valence-electron chi connectivity index (χ3n) is 1.65. The van der Waals surface area contributed by atoms with E-state index in [9.17, 15) is 0 Å². The van der Waals surface area contributed by atoms with E-state index in [0.29, 0.717) is 0 Å². The molecule has 2 nitrogen and oxygen atoms in total. The van der Waals surface area contributed by atoms with E-state index in [1.807, 2.05) is 0 Å². The minimum absolute atomic E-state index is 0. The SMILES string of the molecule is C=C[C@@H]1OCCC[C@H]1N.Cl. The Kier molecular flexibility index (Phi) is 4.69. The van der Waals surface area contributed by atoms with Crippen molar-refractivity contribution < 1.29 is 4.74 Å². The van der Waals surface area contributed by atoms with E-state index in [-0.39, 0.29) is 24.6 Å². The highest BCUT2D eigenvalue weighted by Crippen LogP contribution is 2.11. The number of ether oxygens (including phenoxy) is 1. The van der Waals surface area contributed by atoms with Gasteiger partial charge in [-0.15, -0.1) is 19.0 Å². The number of hydrogen-bond acceptors (Lipinski definition) is 2.